The van der Waals surface area contributed by atoms with E-state index in [9.17, 15) is 13.6 Å². The van der Waals surface area contributed by atoms with Gasteiger partial charge in [0.25, 0.3) is 0 Å². The molecule has 0 amide bonds. The molecule has 1 heterocycles. The predicted octanol–water partition coefficient (Wildman–Crippen LogP) is 2.31. The number of carbonyl (C=O) groups is 1. The molecule has 0 saturated heterocycles. The summed E-state index contributed by atoms with van der Waals surface area (Å²) >= 11 is 0. The van der Waals surface area contributed by atoms with E-state index in [0.29, 0.717) is 23.5 Å². The molecule has 22 heavy (non-hydrogen) atoms. The Morgan fingerprint density at radius 2 is 2.05 bits per heavy atom. The van der Waals surface area contributed by atoms with Gasteiger partial charge in [0.05, 0.1) is 0 Å². The third kappa shape index (κ3) is 3.56. The molecule has 122 valence electrons. The number of nitrogens with zero attached hydrogens (tertiary/aromatic N) is 1. The number of benzene rings is 1. The van der Waals surface area contributed by atoms with Crippen molar-refractivity contribution in [2.45, 2.75) is 32.5 Å². The summed E-state index contributed by atoms with van der Waals surface area (Å²) in [4.78, 5) is 12.7. The number of hydrogen-bond acceptors (Lipinski definition) is 5. The zero-order valence-corrected chi connectivity index (χ0v) is 12.2. The van der Waals surface area contributed by atoms with Gasteiger partial charge in [-0.3, -0.25) is 9.69 Å². The van der Waals surface area contributed by atoms with Gasteiger partial charge < -0.3 is 19.3 Å². The van der Waals surface area contributed by atoms with Crippen LogP contribution in [0.5, 0.6) is 17.2 Å². The molecule has 0 saturated carbocycles. The summed E-state index contributed by atoms with van der Waals surface area (Å²) in [5.41, 5.74) is 0.409. The number of aliphatic carboxylic acids is 1. The summed E-state index contributed by atoms with van der Waals surface area (Å²) < 4.78 is 39.9. The van der Waals surface area contributed by atoms with Crippen molar-refractivity contribution in [2.75, 3.05) is 13.8 Å². The molecule has 2 rings (SSSR count). The van der Waals surface area contributed by atoms with Gasteiger partial charge in [0.1, 0.15) is 11.8 Å². The molecule has 1 aliphatic rings. The quantitative estimate of drug-likeness (QED) is 0.832. The van der Waals surface area contributed by atoms with Crippen LogP contribution in [0.2, 0.25) is 0 Å². The van der Waals surface area contributed by atoms with Gasteiger partial charge in [0, 0.05) is 18.2 Å². The Labute approximate surface area is 126 Å². The maximum atomic E-state index is 12.5. The third-order valence-corrected chi connectivity index (χ3v) is 3.40. The first-order valence-electron chi connectivity index (χ1n) is 6.72. The Morgan fingerprint density at radius 1 is 1.41 bits per heavy atom. The van der Waals surface area contributed by atoms with E-state index in [4.69, 9.17) is 14.6 Å². The highest BCUT2D eigenvalue weighted by molar-refractivity contribution is 5.73. The van der Waals surface area contributed by atoms with Gasteiger partial charge in [-0.2, -0.15) is 8.78 Å². The van der Waals surface area contributed by atoms with Gasteiger partial charge >= 0.3 is 12.6 Å². The minimum atomic E-state index is -2.98. The number of halogens is 2. The predicted molar refractivity (Wildman–Crippen MR) is 72.4 cm³/mol. The molecule has 0 fully saturated rings. The molecular formula is C14H17F2NO5. The Bertz CT molecular complexity index is 552. The first-order valence-corrected chi connectivity index (χ1v) is 6.72. The summed E-state index contributed by atoms with van der Waals surface area (Å²) in [6.07, 6.45) is 0.390. The number of fused-ring (bicyclic) bond motifs is 1. The lowest BCUT2D eigenvalue weighted by Gasteiger charge is -2.24. The van der Waals surface area contributed by atoms with E-state index in [-0.39, 0.29) is 19.1 Å². The van der Waals surface area contributed by atoms with E-state index >= 15 is 0 Å². The molecule has 0 radical (unpaired) electrons. The van der Waals surface area contributed by atoms with Crippen LogP contribution in [0.3, 0.4) is 0 Å². The van der Waals surface area contributed by atoms with E-state index in [1.165, 1.54) is 12.1 Å². The lowest BCUT2D eigenvalue weighted by atomic mass is 10.1. The van der Waals surface area contributed by atoms with Crippen LogP contribution >= 0.6 is 0 Å². The normalized spacial score (nSPS) is 14.5. The largest absolute Gasteiger partial charge is 0.480 e. The average Bonchev–Trinajstić information content (AvgIpc) is 2.85. The van der Waals surface area contributed by atoms with Crippen molar-refractivity contribution in [1.29, 1.82) is 0 Å². The van der Waals surface area contributed by atoms with E-state index < -0.39 is 18.6 Å². The van der Waals surface area contributed by atoms with Crippen molar-refractivity contribution < 1.29 is 32.9 Å². The van der Waals surface area contributed by atoms with Gasteiger partial charge in [-0.25, -0.2) is 0 Å². The van der Waals surface area contributed by atoms with Gasteiger partial charge in [0.15, 0.2) is 11.5 Å². The number of rotatable bonds is 7. The molecule has 0 aliphatic carbocycles. The highest BCUT2D eigenvalue weighted by Gasteiger charge is 2.25. The van der Waals surface area contributed by atoms with E-state index in [0.717, 1.165) is 0 Å². The number of ether oxygens (including phenoxy) is 3. The zero-order valence-electron chi connectivity index (χ0n) is 12.2. The Morgan fingerprint density at radius 3 is 2.59 bits per heavy atom. The maximum absolute atomic E-state index is 12.5. The van der Waals surface area contributed by atoms with Crippen LogP contribution in [0, 0.1) is 0 Å². The molecule has 0 aromatic heterocycles. The minimum Gasteiger partial charge on any atom is -0.480 e. The first kappa shape index (κ1) is 16.3. The van der Waals surface area contributed by atoms with Crippen LogP contribution in [-0.4, -0.2) is 42.5 Å². The van der Waals surface area contributed by atoms with Crippen molar-refractivity contribution >= 4 is 5.97 Å². The fraction of sp³-hybridized carbons (Fsp3) is 0.500. The van der Waals surface area contributed by atoms with Crippen LogP contribution in [0.4, 0.5) is 8.78 Å². The van der Waals surface area contributed by atoms with Crippen LogP contribution in [0.25, 0.3) is 0 Å². The number of alkyl halides is 2. The number of likely N-dealkylation sites (N-methyl/N-ethyl adjacent to an activating group) is 1. The maximum Gasteiger partial charge on any atom is 0.387 e. The minimum absolute atomic E-state index is 0.00938. The monoisotopic (exact) mass is 317 g/mol. The van der Waals surface area contributed by atoms with Crippen molar-refractivity contribution in [1.82, 2.24) is 4.90 Å². The molecule has 0 bridgehead atoms. The van der Waals surface area contributed by atoms with Crippen molar-refractivity contribution in [3.05, 3.63) is 17.7 Å². The van der Waals surface area contributed by atoms with Gasteiger partial charge in [0.2, 0.25) is 6.79 Å². The lowest BCUT2D eigenvalue weighted by molar-refractivity contribution is -0.143. The molecule has 1 N–H and O–H groups in total. The third-order valence-electron chi connectivity index (χ3n) is 3.40. The van der Waals surface area contributed by atoms with Crippen LogP contribution < -0.4 is 14.2 Å². The van der Waals surface area contributed by atoms with Crippen LogP contribution in [-0.2, 0) is 11.3 Å². The SMILES string of the molecule is CCC(C(=O)O)N(C)Cc1cc2c(cc1OC(F)F)OCO2. The topological polar surface area (TPSA) is 68.2 Å². The highest BCUT2D eigenvalue weighted by atomic mass is 19.3. The van der Waals surface area contributed by atoms with Crippen LogP contribution in [0.15, 0.2) is 12.1 Å². The van der Waals surface area contributed by atoms with Gasteiger partial charge in [-0.15, -0.1) is 0 Å². The van der Waals surface area contributed by atoms with Gasteiger partial charge in [-0.05, 0) is 19.5 Å². The molecular weight excluding hydrogens is 300 g/mol. The summed E-state index contributed by atoms with van der Waals surface area (Å²) in [5.74, 6) is -0.269. The molecule has 6 nitrogen and oxygen atoms in total. The molecule has 1 unspecified atom stereocenters. The Kier molecular flexibility index (Phi) is 5.02. The van der Waals surface area contributed by atoms with E-state index in [1.807, 2.05) is 0 Å². The smallest absolute Gasteiger partial charge is 0.387 e. The van der Waals surface area contributed by atoms with Crippen molar-refractivity contribution in [2.24, 2.45) is 0 Å². The number of carboxylic acid groups (broad SMARTS) is 1. The average molecular weight is 317 g/mol. The van der Waals surface area contributed by atoms with Crippen molar-refractivity contribution in [3.63, 3.8) is 0 Å². The van der Waals surface area contributed by atoms with E-state index in [2.05, 4.69) is 4.74 Å². The standard InChI is InChI=1S/C14H17F2NO5/c1-3-9(13(18)19)17(2)6-8-4-11-12(21-7-20-11)5-10(8)22-14(15)16/h4-5,9,14H,3,6-7H2,1-2H3,(H,18,19). The summed E-state index contributed by atoms with van der Waals surface area (Å²) in [6, 6.07) is 2.15. The second-order valence-corrected chi connectivity index (χ2v) is 4.87. The van der Waals surface area contributed by atoms with E-state index in [1.54, 1.807) is 18.9 Å². The highest BCUT2D eigenvalue weighted by Crippen LogP contribution is 2.39. The molecule has 1 aromatic rings. The summed E-state index contributed by atoms with van der Waals surface area (Å²) in [5, 5.41) is 9.15. The molecule has 1 atom stereocenters. The molecule has 8 heteroatoms. The second kappa shape index (κ2) is 6.78. The summed E-state index contributed by atoms with van der Waals surface area (Å²) in [6.45, 7) is -1.10. The first-order chi connectivity index (χ1) is 10.4. The number of hydrogen-bond donors (Lipinski definition) is 1. The fourth-order valence-corrected chi connectivity index (χ4v) is 2.35. The Balaban J connectivity index is 2.26. The number of carboxylic acids is 1. The summed E-state index contributed by atoms with van der Waals surface area (Å²) in [7, 11) is 1.61. The van der Waals surface area contributed by atoms with Crippen LogP contribution in [0.1, 0.15) is 18.9 Å². The fourth-order valence-electron chi connectivity index (χ4n) is 2.35. The molecule has 1 aromatic carbocycles. The second-order valence-electron chi connectivity index (χ2n) is 4.87. The lowest BCUT2D eigenvalue weighted by Crippen LogP contribution is -2.37. The van der Waals surface area contributed by atoms with Crippen molar-refractivity contribution in [3.8, 4) is 17.2 Å². The Hall–Kier alpha value is -2.09. The molecule has 1 aliphatic heterocycles. The molecule has 0 spiro atoms. The zero-order chi connectivity index (χ0) is 16.3. The van der Waals surface area contributed by atoms with Gasteiger partial charge in [-0.1, -0.05) is 6.92 Å².